The summed E-state index contributed by atoms with van der Waals surface area (Å²) in [6, 6.07) is 9.53. The molecule has 0 amide bonds. The molecular weight excluding hydrogens is 307 g/mol. The summed E-state index contributed by atoms with van der Waals surface area (Å²) in [7, 11) is 0. The Morgan fingerprint density at radius 3 is 2.67 bits per heavy atom. The number of hydrogen-bond acceptors (Lipinski definition) is 5. The minimum atomic E-state index is -0.618. The van der Waals surface area contributed by atoms with E-state index in [2.05, 4.69) is 15.0 Å². The molecule has 6 heteroatoms. The van der Waals surface area contributed by atoms with Crippen LogP contribution in [-0.4, -0.2) is 15.0 Å². The van der Waals surface area contributed by atoms with E-state index in [1.54, 1.807) is 25.4 Å². The summed E-state index contributed by atoms with van der Waals surface area (Å²) in [6.45, 7) is 3.64. The number of halogens is 1. The third-order valence-corrected chi connectivity index (χ3v) is 3.53. The van der Waals surface area contributed by atoms with Gasteiger partial charge in [-0.05, 0) is 44.2 Å². The Bertz CT molecular complexity index is 936. The number of nitriles is 1. The van der Waals surface area contributed by atoms with Crippen molar-refractivity contribution >= 4 is 0 Å². The lowest BCUT2D eigenvalue weighted by Crippen LogP contribution is -2.01. The standard InChI is InChI=1S/C18H13FN4O/c1-11-12(2)22-17(14-4-3-7-21-10-14)23-18(11)24-16-6-5-13(9-20)8-15(16)19/h3-8,10H,1-2H3. The molecule has 3 aromatic rings. The fourth-order valence-electron chi connectivity index (χ4n) is 2.08. The van der Waals surface area contributed by atoms with Crippen molar-refractivity contribution < 1.29 is 9.13 Å². The van der Waals surface area contributed by atoms with Crippen molar-refractivity contribution in [1.82, 2.24) is 15.0 Å². The molecule has 118 valence electrons. The molecule has 0 saturated carbocycles. The van der Waals surface area contributed by atoms with E-state index in [9.17, 15) is 4.39 Å². The van der Waals surface area contributed by atoms with Crippen LogP contribution in [0.1, 0.15) is 16.8 Å². The zero-order valence-corrected chi connectivity index (χ0v) is 13.1. The molecule has 24 heavy (non-hydrogen) atoms. The largest absolute Gasteiger partial charge is 0.436 e. The van der Waals surface area contributed by atoms with Crippen molar-refractivity contribution in [2.75, 3.05) is 0 Å². The third kappa shape index (κ3) is 3.06. The summed E-state index contributed by atoms with van der Waals surface area (Å²) in [5.74, 6) is 0.111. The van der Waals surface area contributed by atoms with Gasteiger partial charge in [-0.2, -0.15) is 10.2 Å². The quantitative estimate of drug-likeness (QED) is 0.730. The molecule has 0 aliphatic rings. The summed E-state index contributed by atoms with van der Waals surface area (Å²) < 4.78 is 19.7. The van der Waals surface area contributed by atoms with Crippen LogP contribution in [0.25, 0.3) is 11.4 Å². The molecule has 5 nitrogen and oxygen atoms in total. The van der Waals surface area contributed by atoms with Gasteiger partial charge >= 0.3 is 0 Å². The Kier molecular flexibility index (Phi) is 4.17. The summed E-state index contributed by atoms with van der Waals surface area (Å²) in [5, 5.41) is 8.80. The SMILES string of the molecule is Cc1nc(-c2cccnc2)nc(Oc2ccc(C#N)cc2F)c1C. The van der Waals surface area contributed by atoms with E-state index in [0.717, 1.165) is 17.3 Å². The Morgan fingerprint density at radius 1 is 1.17 bits per heavy atom. The van der Waals surface area contributed by atoms with Crippen LogP contribution in [-0.2, 0) is 0 Å². The van der Waals surface area contributed by atoms with E-state index in [1.807, 2.05) is 19.1 Å². The molecule has 0 spiro atoms. The van der Waals surface area contributed by atoms with Gasteiger partial charge in [0.2, 0.25) is 5.88 Å². The van der Waals surface area contributed by atoms with Crippen molar-refractivity contribution in [2.45, 2.75) is 13.8 Å². The number of rotatable bonds is 3. The average Bonchev–Trinajstić information content (AvgIpc) is 2.61. The number of aryl methyl sites for hydroxylation is 1. The monoisotopic (exact) mass is 320 g/mol. The van der Waals surface area contributed by atoms with Crippen LogP contribution < -0.4 is 4.74 Å². The van der Waals surface area contributed by atoms with Crippen LogP contribution in [0.2, 0.25) is 0 Å². The molecule has 0 saturated heterocycles. The fourth-order valence-corrected chi connectivity index (χ4v) is 2.08. The maximum atomic E-state index is 14.0. The predicted octanol–water partition coefficient (Wildman–Crippen LogP) is 3.96. The highest BCUT2D eigenvalue weighted by Crippen LogP contribution is 2.29. The van der Waals surface area contributed by atoms with Crippen LogP contribution in [0.15, 0.2) is 42.7 Å². The van der Waals surface area contributed by atoms with Crippen molar-refractivity contribution in [3.05, 3.63) is 65.4 Å². The number of ether oxygens (including phenoxy) is 1. The van der Waals surface area contributed by atoms with Crippen LogP contribution in [0, 0.1) is 31.0 Å². The van der Waals surface area contributed by atoms with Crippen molar-refractivity contribution in [2.24, 2.45) is 0 Å². The summed E-state index contributed by atoms with van der Waals surface area (Å²) in [5.41, 5.74) is 2.41. The molecule has 0 aliphatic heterocycles. The zero-order valence-electron chi connectivity index (χ0n) is 13.1. The molecule has 0 aliphatic carbocycles. The van der Waals surface area contributed by atoms with Crippen molar-refractivity contribution in [3.8, 4) is 29.1 Å². The predicted molar refractivity (Wildman–Crippen MR) is 85.9 cm³/mol. The van der Waals surface area contributed by atoms with Gasteiger partial charge in [0, 0.05) is 29.2 Å². The molecule has 0 atom stereocenters. The van der Waals surface area contributed by atoms with E-state index >= 15 is 0 Å². The second-order valence-electron chi connectivity index (χ2n) is 5.16. The first kappa shape index (κ1) is 15.6. The van der Waals surface area contributed by atoms with E-state index in [4.69, 9.17) is 10.00 Å². The van der Waals surface area contributed by atoms with E-state index in [-0.39, 0.29) is 17.2 Å². The number of benzene rings is 1. The second-order valence-corrected chi connectivity index (χ2v) is 5.16. The van der Waals surface area contributed by atoms with Gasteiger partial charge in [-0.25, -0.2) is 9.37 Å². The highest BCUT2D eigenvalue weighted by atomic mass is 19.1. The van der Waals surface area contributed by atoms with Crippen molar-refractivity contribution in [1.29, 1.82) is 5.26 Å². The van der Waals surface area contributed by atoms with Gasteiger partial charge in [0.15, 0.2) is 17.4 Å². The molecule has 0 radical (unpaired) electrons. The van der Waals surface area contributed by atoms with Gasteiger partial charge in [0.25, 0.3) is 0 Å². The van der Waals surface area contributed by atoms with Crippen LogP contribution >= 0.6 is 0 Å². The molecular formula is C18H13FN4O. The molecule has 2 aromatic heterocycles. The van der Waals surface area contributed by atoms with Gasteiger partial charge < -0.3 is 4.74 Å². The minimum absolute atomic E-state index is 0.00679. The molecule has 0 bridgehead atoms. The van der Waals surface area contributed by atoms with E-state index in [0.29, 0.717) is 11.4 Å². The molecule has 0 fully saturated rings. The Labute approximate surface area is 138 Å². The van der Waals surface area contributed by atoms with Gasteiger partial charge in [0.05, 0.1) is 11.6 Å². The maximum Gasteiger partial charge on any atom is 0.226 e. The highest BCUT2D eigenvalue weighted by molar-refractivity contribution is 5.55. The fraction of sp³-hybridized carbons (Fsp3) is 0.111. The Morgan fingerprint density at radius 2 is 2.00 bits per heavy atom. The summed E-state index contributed by atoms with van der Waals surface area (Å²) >= 11 is 0. The van der Waals surface area contributed by atoms with Crippen LogP contribution in [0.3, 0.4) is 0 Å². The molecule has 2 heterocycles. The number of hydrogen-bond donors (Lipinski definition) is 0. The number of nitrogens with zero attached hydrogens (tertiary/aromatic N) is 4. The second kappa shape index (κ2) is 6.42. The Hall–Kier alpha value is -3.33. The van der Waals surface area contributed by atoms with Crippen LogP contribution in [0.4, 0.5) is 4.39 Å². The number of pyridine rings is 1. The molecule has 3 rings (SSSR count). The minimum Gasteiger partial charge on any atom is -0.436 e. The van der Waals surface area contributed by atoms with E-state index in [1.165, 1.54) is 12.1 Å². The highest BCUT2D eigenvalue weighted by Gasteiger charge is 2.14. The lowest BCUT2D eigenvalue weighted by atomic mass is 10.2. The van der Waals surface area contributed by atoms with Gasteiger partial charge in [-0.1, -0.05) is 0 Å². The first-order valence-electron chi connectivity index (χ1n) is 7.21. The van der Waals surface area contributed by atoms with Gasteiger partial charge in [0.1, 0.15) is 0 Å². The van der Waals surface area contributed by atoms with E-state index < -0.39 is 5.82 Å². The first-order valence-corrected chi connectivity index (χ1v) is 7.21. The first-order chi connectivity index (χ1) is 11.6. The smallest absolute Gasteiger partial charge is 0.226 e. The lowest BCUT2D eigenvalue weighted by molar-refractivity contribution is 0.423. The Balaban J connectivity index is 2.02. The zero-order chi connectivity index (χ0) is 17.1. The maximum absolute atomic E-state index is 14.0. The summed E-state index contributed by atoms with van der Waals surface area (Å²) in [6.07, 6.45) is 3.31. The summed E-state index contributed by atoms with van der Waals surface area (Å²) in [4.78, 5) is 12.9. The third-order valence-electron chi connectivity index (χ3n) is 3.53. The molecule has 0 unspecified atom stereocenters. The average molecular weight is 320 g/mol. The molecule has 1 aromatic carbocycles. The normalized spacial score (nSPS) is 10.2. The van der Waals surface area contributed by atoms with Gasteiger partial charge in [-0.15, -0.1) is 0 Å². The lowest BCUT2D eigenvalue weighted by Gasteiger charge is -2.12. The topological polar surface area (TPSA) is 71.7 Å². The van der Waals surface area contributed by atoms with Crippen molar-refractivity contribution in [3.63, 3.8) is 0 Å². The molecule has 0 N–H and O–H groups in total. The van der Waals surface area contributed by atoms with Crippen LogP contribution in [0.5, 0.6) is 11.6 Å². The van der Waals surface area contributed by atoms with Gasteiger partial charge in [-0.3, -0.25) is 4.98 Å². The number of aromatic nitrogens is 3.